The van der Waals surface area contributed by atoms with Crippen LogP contribution in [-0.4, -0.2) is 24.6 Å². The quantitative estimate of drug-likeness (QED) is 0.233. The number of hydrogen-bond acceptors (Lipinski definition) is 4. The Morgan fingerprint density at radius 2 is 1.67 bits per heavy atom. The zero-order chi connectivity index (χ0) is 24.0. The highest BCUT2D eigenvalue weighted by Gasteiger charge is 2.12. The van der Waals surface area contributed by atoms with Crippen molar-refractivity contribution in [3.8, 4) is 5.75 Å². The van der Waals surface area contributed by atoms with Gasteiger partial charge in [-0.15, -0.1) is 0 Å². The molecule has 0 atom stereocenters. The van der Waals surface area contributed by atoms with Gasteiger partial charge < -0.3 is 10.1 Å². The minimum Gasteiger partial charge on any atom is -0.482 e. The zero-order valence-corrected chi connectivity index (χ0v) is 22.5. The maximum atomic E-state index is 12.4. The average molecular weight is 638 g/mol. The summed E-state index contributed by atoms with van der Waals surface area (Å²) in [5, 5.41) is 6.87. The van der Waals surface area contributed by atoms with Crippen LogP contribution >= 0.6 is 47.8 Å². The van der Waals surface area contributed by atoms with Crippen molar-refractivity contribution in [1.82, 2.24) is 5.43 Å². The van der Waals surface area contributed by atoms with Crippen LogP contribution in [0.2, 0.25) is 0 Å². The molecule has 0 radical (unpaired) electrons. The van der Waals surface area contributed by atoms with Crippen LogP contribution in [0.1, 0.15) is 27.0 Å². The zero-order valence-electron chi connectivity index (χ0n) is 17.8. The number of nitrogens with one attached hydrogen (secondary N) is 2. The van der Waals surface area contributed by atoms with Gasteiger partial charge in [0, 0.05) is 25.8 Å². The number of hydrazone groups is 1. The van der Waals surface area contributed by atoms with Crippen LogP contribution < -0.4 is 15.5 Å². The lowest BCUT2D eigenvalue weighted by molar-refractivity contribution is -0.118. The normalized spacial score (nSPS) is 10.8. The van der Waals surface area contributed by atoms with Crippen molar-refractivity contribution in [1.29, 1.82) is 0 Å². The number of nitrogens with zero attached hydrogens (tertiary/aromatic N) is 1. The van der Waals surface area contributed by atoms with Crippen LogP contribution in [0.15, 0.2) is 73.1 Å². The minimum atomic E-state index is -0.344. The minimum absolute atomic E-state index is 0.195. The van der Waals surface area contributed by atoms with Crippen LogP contribution in [0.5, 0.6) is 5.75 Å². The van der Waals surface area contributed by atoms with E-state index in [1.54, 1.807) is 36.4 Å². The number of halogens is 3. The first-order chi connectivity index (χ1) is 15.7. The number of rotatable bonds is 7. The lowest BCUT2D eigenvalue weighted by atomic mass is 10.1. The number of aryl methyl sites for hydroxylation is 2. The molecule has 0 aliphatic carbocycles. The molecule has 3 aromatic carbocycles. The fourth-order valence-corrected chi connectivity index (χ4v) is 4.45. The van der Waals surface area contributed by atoms with E-state index < -0.39 is 0 Å². The van der Waals surface area contributed by atoms with Crippen LogP contribution in [0.3, 0.4) is 0 Å². The average Bonchev–Trinajstić information content (AvgIpc) is 2.76. The third-order valence-electron chi connectivity index (χ3n) is 4.65. The number of hydrogen-bond donors (Lipinski definition) is 2. The lowest BCUT2D eigenvalue weighted by Crippen LogP contribution is -2.21. The number of amides is 2. The van der Waals surface area contributed by atoms with Gasteiger partial charge >= 0.3 is 0 Å². The Morgan fingerprint density at radius 3 is 2.36 bits per heavy atom. The molecule has 9 heteroatoms. The molecule has 2 N–H and O–H groups in total. The van der Waals surface area contributed by atoms with Gasteiger partial charge in [-0.25, -0.2) is 5.43 Å². The standard InChI is InChI=1S/C24H20Br3N3O3/c1-14-3-8-20(9-15(14)2)29-22(31)13-33-23-17(10-19(26)11-21(23)27)12-28-30-24(32)16-4-6-18(25)7-5-16/h3-12H,13H2,1-2H3,(H,29,31)(H,30,32)/b28-12+. The molecule has 3 rings (SSSR count). The highest BCUT2D eigenvalue weighted by atomic mass is 79.9. The number of carbonyl (C=O) groups excluding carboxylic acids is 2. The van der Waals surface area contributed by atoms with Gasteiger partial charge in [0.05, 0.1) is 10.7 Å². The van der Waals surface area contributed by atoms with Gasteiger partial charge in [-0.2, -0.15) is 5.10 Å². The van der Waals surface area contributed by atoms with Gasteiger partial charge in [0.15, 0.2) is 6.61 Å². The fraction of sp³-hybridized carbons (Fsp3) is 0.125. The van der Waals surface area contributed by atoms with Crippen molar-refractivity contribution in [2.24, 2.45) is 5.10 Å². The summed E-state index contributed by atoms with van der Waals surface area (Å²) in [6.07, 6.45) is 1.46. The molecule has 0 unspecified atom stereocenters. The van der Waals surface area contributed by atoms with E-state index in [-0.39, 0.29) is 18.4 Å². The predicted molar refractivity (Wildman–Crippen MR) is 141 cm³/mol. The molecule has 0 saturated heterocycles. The Labute approximate surface area is 217 Å². The molecule has 0 saturated carbocycles. The van der Waals surface area contributed by atoms with E-state index >= 15 is 0 Å². The first-order valence-corrected chi connectivity index (χ1v) is 12.2. The Kier molecular flexibility index (Phi) is 8.82. The predicted octanol–water partition coefficient (Wildman–Crippen LogP) is 6.37. The second kappa shape index (κ2) is 11.6. The molecular formula is C24H20Br3N3O3. The topological polar surface area (TPSA) is 79.8 Å². The summed E-state index contributed by atoms with van der Waals surface area (Å²) in [5.41, 5.74) is 6.49. The van der Waals surface area contributed by atoms with Crippen molar-refractivity contribution < 1.29 is 14.3 Å². The van der Waals surface area contributed by atoms with Crippen LogP contribution in [0, 0.1) is 13.8 Å². The van der Waals surface area contributed by atoms with E-state index in [0.717, 1.165) is 20.1 Å². The molecule has 0 aliphatic rings. The molecule has 0 aliphatic heterocycles. The Bertz CT molecular complexity index is 1210. The maximum Gasteiger partial charge on any atom is 0.271 e. The fourth-order valence-electron chi connectivity index (χ4n) is 2.81. The smallest absolute Gasteiger partial charge is 0.271 e. The third-order valence-corrected chi connectivity index (χ3v) is 6.23. The molecule has 0 fully saturated rings. The van der Waals surface area contributed by atoms with Crippen molar-refractivity contribution >= 4 is 71.5 Å². The van der Waals surface area contributed by atoms with Crippen molar-refractivity contribution in [2.45, 2.75) is 13.8 Å². The molecular weight excluding hydrogens is 618 g/mol. The monoisotopic (exact) mass is 635 g/mol. The first-order valence-electron chi connectivity index (χ1n) is 9.81. The Balaban J connectivity index is 1.67. The summed E-state index contributed by atoms with van der Waals surface area (Å²) in [4.78, 5) is 24.7. The van der Waals surface area contributed by atoms with E-state index in [9.17, 15) is 9.59 Å². The van der Waals surface area contributed by atoms with E-state index in [1.807, 2.05) is 32.0 Å². The van der Waals surface area contributed by atoms with Crippen molar-refractivity contribution in [3.05, 3.63) is 90.3 Å². The van der Waals surface area contributed by atoms with Crippen LogP contribution in [0.25, 0.3) is 0 Å². The first kappa shape index (κ1) is 25.1. The van der Waals surface area contributed by atoms with Gasteiger partial charge in [-0.05, 0) is 89.4 Å². The number of anilines is 1. The Hall–Kier alpha value is -2.49. The summed E-state index contributed by atoms with van der Waals surface area (Å²) in [6.45, 7) is 3.81. The molecule has 170 valence electrons. The van der Waals surface area contributed by atoms with Gasteiger partial charge in [0.25, 0.3) is 11.8 Å². The Morgan fingerprint density at radius 1 is 0.939 bits per heavy atom. The number of benzene rings is 3. The second-order valence-corrected chi connectivity index (χ2v) is 9.83. The summed E-state index contributed by atoms with van der Waals surface area (Å²) in [7, 11) is 0. The van der Waals surface area contributed by atoms with Crippen LogP contribution in [-0.2, 0) is 4.79 Å². The molecule has 3 aromatic rings. The van der Waals surface area contributed by atoms with Gasteiger partial charge in [-0.1, -0.05) is 37.9 Å². The molecule has 0 heterocycles. The van der Waals surface area contributed by atoms with Gasteiger partial charge in [-0.3, -0.25) is 9.59 Å². The van der Waals surface area contributed by atoms with E-state index in [4.69, 9.17) is 4.74 Å². The SMILES string of the molecule is Cc1ccc(NC(=O)COc2c(Br)cc(Br)cc2/C=N/NC(=O)c2ccc(Br)cc2)cc1C. The van der Waals surface area contributed by atoms with E-state index in [0.29, 0.717) is 27.0 Å². The molecule has 33 heavy (non-hydrogen) atoms. The summed E-state index contributed by atoms with van der Waals surface area (Å²) in [6, 6.07) is 16.2. The lowest BCUT2D eigenvalue weighted by Gasteiger charge is -2.12. The number of ether oxygens (including phenoxy) is 1. The van der Waals surface area contributed by atoms with Crippen molar-refractivity contribution in [3.63, 3.8) is 0 Å². The van der Waals surface area contributed by atoms with Crippen molar-refractivity contribution in [2.75, 3.05) is 11.9 Å². The molecule has 6 nitrogen and oxygen atoms in total. The third kappa shape index (κ3) is 7.25. The number of carbonyl (C=O) groups is 2. The molecule has 0 spiro atoms. The van der Waals surface area contributed by atoms with E-state index in [1.165, 1.54) is 6.21 Å². The second-order valence-electron chi connectivity index (χ2n) is 7.15. The summed E-state index contributed by atoms with van der Waals surface area (Å²) >= 11 is 10.2. The highest BCUT2D eigenvalue weighted by molar-refractivity contribution is 9.11. The largest absolute Gasteiger partial charge is 0.482 e. The van der Waals surface area contributed by atoms with E-state index in [2.05, 4.69) is 63.6 Å². The molecule has 2 amide bonds. The summed E-state index contributed by atoms with van der Waals surface area (Å²) < 4.78 is 8.07. The van der Waals surface area contributed by atoms with Crippen LogP contribution in [0.4, 0.5) is 5.69 Å². The molecule has 0 aromatic heterocycles. The molecule has 0 bridgehead atoms. The summed E-state index contributed by atoms with van der Waals surface area (Å²) in [5.74, 6) is -0.211. The highest BCUT2D eigenvalue weighted by Crippen LogP contribution is 2.32. The van der Waals surface area contributed by atoms with Gasteiger partial charge in [0.1, 0.15) is 5.75 Å². The van der Waals surface area contributed by atoms with Gasteiger partial charge in [0.2, 0.25) is 0 Å². The maximum absolute atomic E-state index is 12.4.